The van der Waals surface area contributed by atoms with Gasteiger partial charge in [-0.2, -0.15) is 0 Å². The number of hydrogen-bond donors (Lipinski definition) is 1. The van der Waals surface area contributed by atoms with Crippen LogP contribution in [0.15, 0.2) is 0 Å². The molecule has 0 aromatic carbocycles. The topological polar surface area (TPSA) is 37.3 Å². The van der Waals surface area contributed by atoms with Crippen LogP contribution < -0.4 is 0 Å². The van der Waals surface area contributed by atoms with E-state index in [4.69, 9.17) is 5.11 Å². The smallest absolute Gasteiger partial charge is 0.320 e. The lowest BCUT2D eigenvalue weighted by Crippen LogP contribution is -2.21. The van der Waals surface area contributed by atoms with Crippen molar-refractivity contribution in [3.8, 4) is 0 Å². The second-order valence-corrected chi connectivity index (χ2v) is 4.78. The van der Waals surface area contributed by atoms with Gasteiger partial charge in [0.05, 0.1) is 0 Å². The summed E-state index contributed by atoms with van der Waals surface area (Å²) < 4.78 is -0.398. The number of aliphatic carboxylic acids is 1. The summed E-state index contributed by atoms with van der Waals surface area (Å²) in [7, 11) is 0. The van der Waals surface area contributed by atoms with E-state index in [1.807, 2.05) is 0 Å². The molecule has 1 aliphatic carbocycles. The van der Waals surface area contributed by atoms with E-state index < -0.39 is 10.7 Å². The van der Waals surface area contributed by atoms with E-state index in [0.717, 1.165) is 25.0 Å². The van der Waals surface area contributed by atoms with Crippen LogP contribution in [-0.4, -0.2) is 21.6 Å². The van der Waals surface area contributed by atoms with Crippen molar-refractivity contribution in [3.63, 3.8) is 0 Å². The molecule has 1 saturated carbocycles. The number of rotatable bonds is 5. The summed E-state index contributed by atoms with van der Waals surface area (Å²) in [6, 6.07) is 0. The molecular formula is C9H16O2S. The zero-order valence-electron chi connectivity index (χ0n) is 7.67. The molecule has 0 amide bonds. The van der Waals surface area contributed by atoms with Crippen molar-refractivity contribution in [2.75, 3.05) is 5.75 Å². The standard InChI is InChI=1S/C9H16O2S/c1-3-5-12-9(8(10)11)6-7(9)4-2/h7H,3-6H2,1-2H3,(H,10,11). The predicted octanol–water partition coefficient (Wildman–Crippen LogP) is 2.38. The molecule has 3 heteroatoms. The SMILES string of the molecule is CCCSC1(C(=O)O)CC1CC. The van der Waals surface area contributed by atoms with Crippen molar-refractivity contribution in [2.24, 2.45) is 5.92 Å². The minimum absolute atomic E-state index is 0.398. The summed E-state index contributed by atoms with van der Waals surface area (Å²) in [5.74, 6) is 0.794. The lowest BCUT2D eigenvalue weighted by atomic mass is 10.2. The van der Waals surface area contributed by atoms with Crippen LogP contribution >= 0.6 is 11.8 Å². The van der Waals surface area contributed by atoms with Gasteiger partial charge in [0, 0.05) is 0 Å². The summed E-state index contributed by atoms with van der Waals surface area (Å²) in [5.41, 5.74) is 0. The molecule has 2 atom stereocenters. The highest BCUT2D eigenvalue weighted by Gasteiger charge is 2.59. The van der Waals surface area contributed by atoms with E-state index in [1.165, 1.54) is 0 Å². The minimum atomic E-state index is -0.604. The Morgan fingerprint density at radius 1 is 1.67 bits per heavy atom. The third kappa shape index (κ3) is 1.60. The van der Waals surface area contributed by atoms with E-state index in [1.54, 1.807) is 11.8 Å². The zero-order valence-corrected chi connectivity index (χ0v) is 8.49. The Kier molecular flexibility index (Phi) is 3.04. The van der Waals surface area contributed by atoms with E-state index >= 15 is 0 Å². The van der Waals surface area contributed by atoms with E-state index in [0.29, 0.717) is 5.92 Å². The molecule has 12 heavy (non-hydrogen) atoms. The third-order valence-electron chi connectivity index (χ3n) is 2.47. The van der Waals surface area contributed by atoms with Crippen LogP contribution in [0.4, 0.5) is 0 Å². The van der Waals surface area contributed by atoms with Gasteiger partial charge < -0.3 is 5.11 Å². The van der Waals surface area contributed by atoms with Crippen LogP contribution in [0.25, 0.3) is 0 Å². The number of carboxylic acid groups (broad SMARTS) is 1. The largest absolute Gasteiger partial charge is 0.480 e. The summed E-state index contributed by atoms with van der Waals surface area (Å²) >= 11 is 1.63. The summed E-state index contributed by atoms with van der Waals surface area (Å²) in [5, 5.41) is 9.01. The van der Waals surface area contributed by atoms with Gasteiger partial charge in [-0.05, 0) is 24.5 Å². The first kappa shape index (κ1) is 9.90. The average Bonchev–Trinajstić information content (AvgIpc) is 2.76. The Morgan fingerprint density at radius 3 is 2.67 bits per heavy atom. The second-order valence-electron chi connectivity index (χ2n) is 3.35. The van der Waals surface area contributed by atoms with Gasteiger partial charge in [0.15, 0.2) is 0 Å². The van der Waals surface area contributed by atoms with Gasteiger partial charge in [0.2, 0.25) is 0 Å². The molecule has 0 radical (unpaired) electrons. The molecule has 0 aromatic heterocycles. The van der Waals surface area contributed by atoms with E-state index in [2.05, 4.69) is 13.8 Å². The molecule has 1 fully saturated rings. The van der Waals surface area contributed by atoms with Gasteiger partial charge >= 0.3 is 5.97 Å². The molecule has 0 bridgehead atoms. The zero-order chi connectivity index (χ0) is 9.19. The third-order valence-corrected chi connectivity index (χ3v) is 4.27. The van der Waals surface area contributed by atoms with Gasteiger partial charge in [-0.15, -0.1) is 11.8 Å². The van der Waals surface area contributed by atoms with E-state index in [9.17, 15) is 4.79 Å². The minimum Gasteiger partial charge on any atom is -0.480 e. The Balaban J connectivity index is 2.47. The van der Waals surface area contributed by atoms with Crippen molar-refractivity contribution in [3.05, 3.63) is 0 Å². The molecule has 0 aromatic rings. The molecule has 70 valence electrons. The maximum atomic E-state index is 10.9. The van der Waals surface area contributed by atoms with Crippen LogP contribution in [0.5, 0.6) is 0 Å². The van der Waals surface area contributed by atoms with Gasteiger partial charge in [-0.25, -0.2) is 0 Å². The van der Waals surface area contributed by atoms with Crippen molar-refractivity contribution in [1.82, 2.24) is 0 Å². The van der Waals surface area contributed by atoms with Crippen molar-refractivity contribution < 1.29 is 9.90 Å². The fourth-order valence-corrected chi connectivity index (χ4v) is 2.98. The van der Waals surface area contributed by atoms with Crippen LogP contribution in [0, 0.1) is 5.92 Å². The number of carbonyl (C=O) groups is 1. The van der Waals surface area contributed by atoms with Crippen LogP contribution in [0.1, 0.15) is 33.1 Å². The molecule has 2 nitrogen and oxygen atoms in total. The average molecular weight is 188 g/mol. The Hall–Kier alpha value is -0.180. The molecule has 1 rings (SSSR count). The van der Waals surface area contributed by atoms with Crippen molar-refractivity contribution >= 4 is 17.7 Å². The van der Waals surface area contributed by atoms with Gasteiger partial charge in [0.1, 0.15) is 4.75 Å². The van der Waals surface area contributed by atoms with Crippen molar-refractivity contribution in [1.29, 1.82) is 0 Å². The predicted molar refractivity (Wildman–Crippen MR) is 51.5 cm³/mol. The Labute approximate surface area is 77.7 Å². The fourth-order valence-electron chi connectivity index (χ4n) is 1.57. The molecule has 0 spiro atoms. The number of hydrogen-bond acceptors (Lipinski definition) is 2. The van der Waals surface area contributed by atoms with Crippen molar-refractivity contribution in [2.45, 2.75) is 37.9 Å². The summed E-state index contributed by atoms with van der Waals surface area (Å²) in [4.78, 5) is 10.9. The molecule has 0 saturated heterocycles. The van der Waals surface area contributed by atoms with Gasteiger partial charge in [0.25, 0.3) is 0 Å². The van der Waals surface area contributed by atoms with E-state index in [-0.39, 0.29) is 0 Å². The lowest BCUT2D eigenvalue weighted by molar-refractivity contribution is -0.137. The maximum Gasteiger partial charge on any atom is 0.320 e. The Bertz CT molecular complexity index is 181. The normalized spacial score (nSPS) is 33.3. The number of thioether (sulfide) groups is 1. The first-order valence-corrected chi connectivity index (χ1v) is 5.53. The van der Waals surface area contributed by atoms with Crippen LogP contribution in [0.2, 0.25) is 0 Å². The number of carboxylic acids is 1. The first-order valence-electron chi connectivity index (χ1n) is 4.54. The summed E-state index contributed by atoms with van der Waals surface area (Å²) in [6.07, 6.45) is 2.95. The van der Waals surface area contributed by atoms with Gasteiger partial charge in [-0.1, -0.05) is 20.3 Å². The van der Waals surface area contributed by atoms with Crippen LogP contribution in [0.3, 0.4) is 0 Å². The van der Waals surface area contributed by atoms with Gasteiger partial charge in [-0.3, -0.25) is 4.79 Å². The molecule has 0 heterocycles. The highest BCUT2D eigenvalue weighted by molar-refractivity contribution is 8.01. The molecule has 2 unspecified atom stereocenters. The highest BCUT2D eigenvalue weighted by atomic mass is 32.2. The monoisotopic (exact) mass is 188 g/mol. The lowest BCUT2D eigenvalue weighted by Gasteiger charge is -2.09. The molecule has 1 N–H and O–H groups in total. The molecule has 1 aliphatic rings. The maximum absolute atomic E-state index is 10.9. The molecular weight excluding hydrogens is 172 g/mol. The second kappa shape index (κ2) is 3.69. The Morgan fingerprint density at radius 2 is 2.33 bits per heavy atom. The van der Waals surface area contributed by atoms with Crippen LogP contribution in [-0.2, 0) is 4.79 Å². The fraction of sp³-hybridized carbons (Fsp3) is 0.889. The summed E-state index contributed by atoms with van der Waals surface area (Å²) in [6.45, 7) is 4.16. The highest BCUT2D eigenvalue weighted by Crippen LogP contribution is 2.56. The first-order chi connectivity index (χ1) is 5.67. The quantitative estimate of drug-likeness (QED) is 0.719. The molecule has 0 aliphatic heterocycles.